The summed E-state index contributed by atoms with van der Waals surface area (Å²) in [4.78, 5) is 20.8. The summed E-state index contributed by atoms with van der Waals surface area (Å²) in [5.41, 5.74) is 8.16. The van der Waals surface area contributed by atoms with Gasteiger partial charge in [0.2, 0.25) is 0 Å². The van der Waals surface area contributed by atoms with Crippen molar-refractivity contribution < 1.29 is 14.5 Å². The van der Waals surface area contributed by atoms with Gasteiger partial charge < -0.3 is 10.5 Å². The van der Waals surface area contributed by atoms with Crippen LogP contribution in [0.2, 0.25) is 0 Å². The molecule has 0 spiro atoms. The van der Waals surface area contributed by atoms with Crippen molar-refractivity contribution in [3.63, 3.8) is 0 Å². The molecule has 17 heavy (non-hydrogen) atoms. The van der Waals surface area contributed by atoms with Gasteiger partial charge in [0.1, 0.15) is 0 Å². The van der Waals surface area contributed by atoms with Gasteiger partial charge >= 0.3 is 5.97 Å². The Balaban J connectivity index is 4.40. The SMILES string of the molecule is CCOC(=O)/C=C(\C)N/N=C(\N)C(C)[N+](=O)[O-]. The molecule has 8 nitrogen and oxygen atoms in total. The maximum atomic E-state index is 11.0. The highest BCUT2D eigenvalue weighted by atomic mass is 16.6. The van der Waals surface area contributed by atoms with Gasteiger partial charge in [-0.3, -0.25) is 15.5 Å². The fraction of sp³-hybridized carbons (Fsp3) is 0.556. The van der Waals surface area contributed by atoms with Gasteiger partial charge in [-0.1, -0.05) is 0 Å². The minimum atomic E-state index is -1.09. The van der Waals surface area contributed by atoms with Crippen LogP contribution in [-0.4, -0.2) is 29.4 Å². The first kappa shape index (κ1) is 14.9. The zero-order valence-electron chi connectivity index (χ0n) is 9.97. The van der Waals surface area contributed by atoms with Crippen LogP contribution < -0.4 is 11.2 Å². The highest BCUT2D eigenvalue weighted by molar-refractivity contribution is 5.84. The van der Waals surface area contributed by atoms with E-state index in [2.05, 4.69) is 15.3 Å². The van der Waals surface area contributed by atoms with Crippen LogP contribution in [0.25, 0.3) is 0 Å². The minimum absolute atomic E-state index is 0.174. The Labute approximate surface area is 98.7 Å². The second kappa shape index (κ2) is 7.20. The standard InChI is InChI=1S/C9H16N4O4/c1-4-17-8(14)5-6(2)11-12-9(10)7(3)13(15)16/h5,7,11H,4H2,1-3H3,(H2,10,12)/b6-5+. The van der Waals surface area contributed by atoms with Gasteiger partial charge in [-0.25, -0.2) is 4.79 Å². The second-order valence-corrected chi connectivity index (χ2v) is 3.19. The maximum absolute atomic E-state index is 11.0. The molecule has 1 atom stereocenters. The highest BCUT2D eigenvalue weighted by Gasteiger charge is 2.17. The molecule has 3 N–H and O–H groups in total. The largest absolute Gasteiger partial charge is 0.463 e. The zero-order valence-corrected chi connectivity index (χ0v) is 9.97. The van der Waals surface area contributed by atoms with E-state index in [-0.39, 0.29) is 12.4 Å². The Morgan fingerprint density at radius 3 is 2.76 bits per heavy atom. The van der Waals surface area contributed by atoms with Crippen molar-refractivity contribution in [1.82, 2.24) is 5.43 Å². The van der Waals surface area contributed by atoms with E-state index in [9.17, 15) is 14.9 Å². The minimum Gasteiger partial charge on any atom is -0.463 e. The zero-order chi connectivity index (χ0) is 13.4. The molecular weight excluding hydrogens is 228 g/mol. The molecule has 0 heterocycles. The molecule has 0 fully saturated rings. The van der Waals surface area contributed by atoms with Crippen LogP contribution in [0.3, 0.4) is 0 Å². The molecule has 0 saturated carbocycles. The number of nitrogens with one attached hydrogen (secondary N) is 1. The lowest BCUT2D eigenvalue weighted by Gasteiger charge is -2.04. The second-order valence-electron chi connectivity index (χ2n) is 3.19. The number of hydrogen-bond donors (Lipinski definition) is 2. The number of esters is 1. The number of hydrogen-bond acceptors (Lipinski definition) is 6. The van der Waals surface area contributed by atoms with Crippen molar-refractivity contribution in [2.75, 3.05) is 6.61 Å². The molecule has 96 valence electrons. The molecule has 0 aliphatic rings. The smallest absolute Gasteiger partial charge is 0.332 e. The van der Waals surface area contributed by atoms with Gasteiger partial charge in [-0.2, -0.15) is 5.10 Å². The lowest BCUT2D eigenvalue weighted by Crippen LogP contribution is -2.34. The third-order valence-corrected chi connectivity index (χ3v) is 1.73. The lowest BCUT2D eigenvalue weighted by molar-refractivity contribution is -0.498. The van der Waals surface area contributed by atoms with Crippen molar-refractivity contribution in [1.29, 1.82) is 0 Å². The van der Waals surface area contributed by atoms with E-state index in [0.717, 1.165) is 0 Å². The Morgan fingerprint density at radius 2 is 2.29 bits per heavy atom. The molecule has 0 rings (SSSR count). The van der Waals surface area contributed by atoms with E-state index in [1.807, 2.05) is 0 Å². The predicted molar refractivity (Wildman–Crippen MR) is 61.6 cm³/mol. The molecule has 0 bridgehead atoms. The molecule has 1 unspecified atom stereocenters. The van der Waals surface area contributed by atoms with Crippen molar-refractivity contribution in [3.05, 3.63) is 21.9 Å². The van der Waals surface area contributed by atoms with Gasteiger partial charge in [0.25, 0.3) is 6.04 Å². The van der Waals surface area contributed by atoms with E-state index in [1.165, 1.54) is 13.0 Å². The van der Waals surface area contributed by atoms with E-state index in [1.54, 1.807) is 13.8 Å². The van der Waals surface area contributed by atoms with E-state index >= 15 is 0 Å². The summed E-state index contributed by atoms with van der Waals surface area (Å²) >= 11 is 0. The van der Waals surface area contributed by atoms with Crippen LogP contribution in [0.5, 0.6) is 0 Å². The maximum Gasteiger partial charge on any atom is 0.332 e. The van der Waals surface area contributed by atoms with Crippen LogP contribution in [0.1, 0.15) is 20.8 Å². The van der Waals surface area contributed by atoms with Crippen molar-refractivity contribution in [3.8, 4) is 0 Å². The number of nitrogens with two attached hydrogens (primary N) is 1. The molecule has 0 amide bonds. The average Bonchev–Trinajstić information content (AvgIpc) is 2.24. The third kappa shape index (κ3) is 6.13. The number of nitrogens with zero attached hydrogens (tertiary/aromatic N) is 2. The number of rotatable bonds is 6. The predicted octanol–water partition coefficient (Wildman–Crippen LogP) is -0.0197. The fourth-order valence-electron chi connectivity index (χ4n) is 0.747. The van der Waals surface area contributed by atoms with Gasteiger partial charge in [0.05, 0.1) is 6.61 Å². The summed E-state index contributed by atoms with van der Waals surface area (Å²) in [6.45, 7) is 4.82. The average molecular weight is 244 g/mol. The summed E-state index contributed by atoms with van der Waals surface area (Å²) in [7, 11) is 0. The molecule has 0 aliphatic carbocycles. The molecule has 0 aromatic carbocycles. The summed E-state index contributed by atoms with van der Waals surface area (Å²) < 4.78 is 4.66. The van der Waals surface area contributed by atoms with Gasteiger partial charge in [-0.05, 0) is 13.8 Å². The van der Waals surface area contributed by atoms with Crippen LogP contribution in [0, 0.1) is 10.1 Å². The molecular formula is C9H16N4O4. The monoisotopic (exact) mass is 244 g/mol. The van der Waals surface area contributed by atoms with E-state index < -0.39 is 16.9 Å². The van der Waals surface area contributed by atoms with Gasteiger partial charge in [-0.15, -0.1) is 0 Å². The summed E-state index contributed by atoms with van der Waals surface area (Å²) in [6, 6.07) is -1.09. The topological polar surface area (TPSA) is 120 Å². The van der Waals surface area contributed by atoms with Crippen LogP contribution in [-0.2, 0) is 9.53 Å². The highest BCUT2D eigenvalue weighted by Crippen LogP contribution is 1.92. The quantitative estimate of drug-likeness (QED) is 0.169. The summed E-state index contributed by atoms with van der Waals surface area (Å²) in [6.07, 6.45) is 1.18. The Bertz CT molecular complexity index is 351. The number of amidine groups is 1. The Morgan fingerprint density at radius 1 is 1.71 bits per heavy atom. The first-order chi connectivity index (χ1) is 7.88. The van der Waals surface area contributed by atoms with E-state index in [0.29, 0.717) is 5.70 Å². The fourth-order valence-corrected chi connectivity index (χ4v) is 0.747. The molecule has 0 aromatic rings. The van der Waals surface area contributed by atoms with Crippen LogP contribution >= 0.6 is 0 Å². The van der Waals surface area contributed by atoms with Crippen molar-refractivity contribution >= 4 is 11.8 Å². The number of nitro groups is 1. The number of hydrazone groups is 1. The van der Waals surface area contributed by atoms with Crippen molar-refractivity contribution in [2.24, 2.45) is 10.8 Å². The molecule has 8 heteroatoms. The molecule has 0 radical (unpaired) electrons. The van der Waals surface area contributed by atoms with Crippen LogP contribution in [0.15, 0.2) is 16.9 Å². The summed E-state index contributed by atoms with van der Waals surface area (Å²) in [5, 5.41) is 14.0. The van der Waals surface area contributed by atoms with Crippen LogP contribution in [0.4, 0.5) is 0 Å². The first-order valence-corrected chi connectivity index (χ1v) is 4.96. The van der Waals surface area contributed by atoms with Gasteiger partial charge in [0.15, 0.2) is 5.84 Å². The number of carbonyl (C=O) groups is 1. The molecule has 0 aliphatic heterocycles. The van der Waals surface area contributed by atoms with Gasteiger partial charge in [0, 0.05) is 23.6 Å². The Kier molecular flexibility index (Phi) is 6.30. The molecule has 0 saturated heterocycles. The Hall–Kier alpha value is -2.12. The first-order valence-electron chi connectivity index (χ1n) is 4.96. The summed E-state index contributed by atoms with van der Waals surface area (Å²) in [5.74, 6) is -0.694. The van der Waals surface area contributed by atoms with E-state index in [4.69, 9.17) is 5.73 Å². The number of allylic oxidation sites excluding steroid dienone is 1. The lowest BCUT2D eigenvalue weighted by atomic mass is 10.3. The normalized spacial score (nSPS) is 14.1. The molecule has 0 aromatic heterocycles. The van der Waals surface area contributed by atoms with Crippen molar-refractivity contribution in [2.45, 2.75) is 26.8 Å². The third-order valence-electron chi connectivity index (χ3n) is 1.73. The number of ether oxygens (including phenoxy) is 1. The number of carbonyl (C=O) groups excluding carboxylic acids is 1.